The summed E-state index contributed by atoms with van der Waals surface area (Å²) in [7, 11) is 4.05. The van der Waals surface area contributed by atoms with Crippen LogP contribution >= 0.6 is 0 Å². The zero-order valence-corrected chi connectivity index (χ0v) is 22.3. The van der Waals surface area contributed by atoms with Crippen molar-refractivity contribution in [2.24, 2.45) is 7.05 Å². The summed E-state index contributed by atoms with van der Waals surface area (Å²) in [6.07, 6.45) is 10.3. The van der Waals surface area contributed by atoms with E-state index in [1.54, 1.807) is 4.68 Å². The van der Waals surface area contributed by atoms with Gasteiger partial charge in [0.25, 0.3) is 0 Å². The Balaban J connectivity index is 1.43. The van der Waals surface area contributed by atoms with E-state index in [1.165, 1.54) is 6.42 Å². The summed E-state index contributed by atoms with van der Waals surface area (Å²) in [5.41, 5.74) is 3.58. The average molecular weight is 505 g/mol. The van der Waals surface area contributed by atoms with Gasteiger partial charge in [-0.1, -0.05) is 11.6 Å². The van der Waals surface area contributed by atoms with Crippen LogP contribution in [-0.4, -0.2) is 61.3 Å². The van der Waals surface area contributed by atoms with Crippen molar-refractivity contribution in [2.75, 3.05) is 13.6 Å². The minimum atomic E-state index is -0.535. The lowest BCUT2D eigenvalue weighted by Crippen LogP contribution is -2.41. The van der Waals surface area contributed by atoms with E-state index < -0.39 is 5.41 Å². The van der Waals surface area contributed by atoms with Gasteiger partial charge in [0.15, 0.2) is 17.3 Å². The fourth-order valence-electron chi connectivity index (χ4n) is 6.74. The summed E-state index contributed by atoms with van der Waals surface area (Å²) in [6.45, 7) is 5.21. The molecule has 196 valence electrons. The van der Waals surface area contributed by atoms with Gasteiger partial charge in [-0.2, -0.15) is 10.1 Å². The molecule has 3 aliphatic rings. The van der Waals surface area contributed by atoms with Crippen molar-refractivity contribution in [3.63, 3.8) is 0 Å². The molecule has 0 N–H and O–H groups in total. The van der Waals surface area contributed by atoms with Crippen LogP contribution in [0.15, 0.2) is 16.8 Å². The second-order valence-electron chi connectivity index (χ2n) is 11.2. The number of hydrogen-bond donors (Lipinski definition) is 0. The molecular formula is C28H36N6O3. The van der Waals surface area contributed by atoms with E-state index in [1.807, 2.05) is 26.2 Å². The van der Waals surface area contributed by atoms with Gasteiger partial charge in [-0.3, -0.25) is 14.4 Å². The molecule has 0 unspecified atom stereocenters. The molecule has 37 heavy (non-hydrogen) atoms. The average Bonchev–Trinajstić information content (AvgIpc) is 3.59. The molecule has 1 saturated heterocycles. The van der Waals surface area contributed by atoms with Gasteiger partial charge < -0.3 is 9.26 Å². The zero-order chi connectivity index (χ0) is 25.7. The van der Waals surface area contributed by atoms with E-state index in [0.717, 1.165) is 74.1 Å². The summed E-state index contributed by atoms with van der Waals surface area (Å²) < 4.78 is 14.2. The first-order valence-electron chi connectivity index (χ1n) is 13.6. The van der Waals surface area contributed by atoms with Crippen LogP contribution in [-0.2, 0) is 23.7 Å². The van der Waals surface area contributed by atoms with E-state index in [4.69, 9.17) is 19.2 Å². The number of rotatable bonds is 5. The van der Waals surface area contributed by atoms with Crippen LogP contribution in [0.5, 0.6) is 5.88 Å². The molecule has 9 nitrogen and oxygen atoms in total. The minimum absolute atomic E-state index is 0.0257. The molecule has 3 aromatic heterocycles. The molecule has 9 heteroatoms. The first-order chi connectivity index (χ1) is 17.9. The van der Waals surface area contributed by atoms with E-state index in [2.05, 4.69) is 29.1 Å². The molecule has 4 heterocycles. The summed E-state index contributed by atoms with van der Waals surface area (Å²) in [5.74, 6) is 2.01. The van der Waals surface area contributed by atoms with Gasteiger partial charge in [-0.15, -0.1) is 0 Å². The van der Waals surface area contributed by atoms with E-state index in [0.29, 0.717) is 41.3 Å². The van der Waals surface area contributed by atoms with Gasteiger partial charge in [-0.05, 0) is 77.9 Å². The Labute approximate surface area is 217 Å². The Kier molecular flexibility index (Phi) is 6.13. The highest BCUT2D eigenvalue weighted by atomic mass is 16.5. The standard InChI is InChI=1S/C28H36N6O3/c1-17-16-34(4)31-24(17)20-15-23(36-18(2)21-10-8-14-33(21)3)30-27(29-20)25-19-9-7-13-28(26(19)37-32-25)12-6-5-11-22(28)35/h15-16,18,21H,5-14H2,1-4H3/t18-,21-,28+/m0/s1. The number of ketones is 1. The minimum Gasteiger partial charge on any atom is -0.473 e. The summed E-state index contributed by atoms with van der Waals surface area (Å²) >= 11 is 0. The number of likely N-dealkylation sites (N-methyl/N-ethyl adjacent to an activating group) is 1. The number of aryl methyl sites for hydroxylation is 2. The molecule has 3 aromatic rings. The lowest BCUT2D eigenvalue weighted by Gasteiger charge is -2.36. The van der Waals surface area contributed by atoms with Gasteiger partial charge in [0, 0.05) is 37.3 Å². The quantitative estimate of drug-likeness (QED) is 0.504. The van der Waals surface area contributed by atoms with Gasteiger partial charge in [0.1, 0.15) is 17.6 Å². The Morgan fingerprint density at radius 1 is 1.11 bits per heavy atom. The van der Waals surface area contributed by atoms with Gasteiger partial charge in [0.2, 0.25) is 5.88 Å². The fourth-order valence-corrected chi connectivity index (χ4v) is 6.74. The molecule has 2 aliphatic carbocycles. The Morgan fingerprint density at radius 3 is 2.68 bits per heavy atom. The number of carbonyl (C=O) groups excluding carboxylic acids is 1. The van der Waals surface area contributed by atoms with Crippen molar-refractivity contribution < 1.29 is 14.1 Å². The van der Waals surface area contributed by atoms with E-state index in [-0.39, 0.29) is 6.10 Å². The number of nitrogens with zero attached hydrogens (tertiary/aromatic N) is 6. The maximum Gasteiger partial charge on any atom is 0.217 e. The highest BCUT2D eigenvalue weighted by Gasteiger charge is 2.48. The Morgan fingerprint density at radius 2 is 1.95 bits per heavy atom. The highest BCUT2D eigenvalue weighted by Crippen LogP contribution is 2.47. The van der Waals surface area contributed by atoms with Crippen LogP contribution in [0.25, 0.3) is 22.9 Å². The molecule has 6 rings (SSSR count). The van der Waals surface area contributed by atoms with Crippen LogP contribution in [0, 0.1) is 6.92 Å². The maximum absolute atomic E-state index is 13.1. The molecule has 1 aliphatic heterocycles. The number of carbonyl (C=O) groups is 1. The van der Waals surface area contributed by atoms with E-state index in [9.17, 15) is 4.79 Å². The van der Waals surface area contributed by atoms with Crippen molar-refractivity contribution in [2.45, 2.75) is 89.2 Å². The van der Waals surface area contributed by atoms with Crippen molar-refractivity contribution in [3.05, 3.63) is 29.2 Å². The third-order valence-electron chi connectivity index (χ3n) is 8.64. The van der Waals surface area contributed by atoms with Crippen LogP contribution in [0.1, 0.15) is 75.2 Å². The van der Waals surface area contributed by atoms with Crippen molar-refractivity contribution in [1.82, 2.24) is 29.8 Å². The van der Waals surface area contributed by atoms with E-state index >= 15 is 0 Å². The molecule has 0 amide bonds. The molecule has 3 atom stereocenters. The lowest BCUT2D eigenvalue weighted by atomic mass is 9.64. The monoisotopic (exact) mass is 504 g/mol. The molecule has 0 aromatic carbocycles. The number of aromatic nitrogens is 5. The Hall–Kier alpha value is -3.07. The molecule has 1 spiro atoms. The van der Waals surface area contributed by atoms with Crippen molar-refractivity contribution in [3.8, 4) is 28.8 Å². The SMILES string of the molecule is Cc1cn(C)nc1-c1cc(O[C@@H](C)[C@@H]2CCCN2C)nc(-c2noc3c2CCC[C@@]32CCCCC2=O)n1. The second-order valence-corrected chi connectivity index (χ2v) is 11.2. The zero-order valence-electron chi connectivity index (χ0n) is 22.3. The predicted molar refractivity (Wildman–Crippen MR) is 138 cm³/mol. The fraction of sp³-hybridized carbons (Fsp3) is 0.607. The smallest absolute Gasteiger partial charge is 0.217 e. The van der Waals surface area contributed by atoms with Crippen LogP contribution in [0.3, 0.4) is 0 Å². The van der Waals surface area contributed by atoms with Crippen molar-refractivity contribution in [1.29, 1.82) is 0 Å². The van der Waals surface area contributed by atoms with Gasteiger partial charge in [0.05, 0.1) is 11.1 Å². The molecule has 0 radical (unpaired) electrons. The predicted octanol–water partition coefficient (Wildman–Crippen LogP) is 4.42. The normalized spacial score (nSPS) is 25.0. The van der Waals surface area contributed by atoms with Crippen molar-refractivity contribution >= 4 is 5.78 Å². The van der Waals surface area contributed by atoms with Gasteiger partial charge in [-0.25, -0.2) is 4.98 Å². The largest absolute Gasteiger partial charge is 0.473 e. The second kappa shape index (κ2) is 9.35. The molecular weight excluding hydrogens is 468 g/mol. The highest BCUT2D eigenvalue weighted by molar-refractivity contribution is 5.91. The molecule has 1 saturated carbocycles. The first kappa shape index (κ1) is 24.3. The third kappa shape index (κ3) is 4.17. The number of fused-ring (bicyclic) bond motifs is 2. The van der Waals surface area contributed by atoms with Crippen LogP contribution in [0.4, 0.5) is 0 Å². The van der Waals surface area contributed by atoms with Gasteiger partial charge >= 0.3 is 0 Å². The van der Waals surface area contributed by atoms with Crippen LogP contribution < -0.4 is 4.74 Å². The topological polar surface area (TPSA) is 99.2 Å². The summed E-state index contributed by atoms with van der Waals surface area (Å²) in [4.78, 5) is 25.2. The first-order valence-corrected chi connectivity index (χ1v) is 13.6. The number of Topliss-reactive ketones (excluding diaryl/α,β-unsaturated/α-hetero) is 1. The number of ether oxygens (including phenoxy) is 1. The number of hydrogen-bond acceptors (Lipinski definition) is 8. The molecule has 2 fully saturated rings. The summed E-state index contributed by atoms with van der Waals surface area (Å²) in [5, 5.41) is 9.14. The third-order valence-corrected chi connectivity index (χ3v) is 8.64. The number of likely N-dealkylation sites (tertiary alicyclic amines) is 1. The van der Waals surface area contributed by atoms with Crippen LogP contribution in [0.2, 0.25) is 0 Å². The molecule has 0 bridgehead atoms. The maximum atomic E-state index is 13.1. The Bertz CT molecular complexity index is 1330. The lowest BCUT2D eigenvalue weighted by molar-refractivity contribution is -0.128. The summed E-state index contributed by atoms with van der Waals surface area (Å²) in [6, 6.07) is 2.22.